The molecule has 2 heterocycles. The van der Waals surface area contributed by atoms with Gasteiger partial charge in [0.15, 0.2) is 0 Å². The molecular weight excluding hydrogens is 380 g/mol. The van der Waals surface area contributed by atoms with E-state index in [1.54, 1.807) is 35.3 Å². The number of rotatable bonds is 6. The van der Waals surface area contributed by atoms with Crippen LogP contribution >= 0.6 is 0 Å². The number of carbonyl (C=O) groups excluding carboxylic acids is 2. The van der Waals surface area contributed by atoms with E-state index in [-0.39, 0.29) is 29.8 Å². The lowest BCUT2D eigenvalue weighted by molar-refractivity contribution is 0.0931. The summed E-state index contributed by atoms with van der Waals surface area (Å²) in [5.41, 5.74) is 0.339. The minimum atomic E-state index is -0.537. The van der Waals surface area contributed by atoms with Crippen LogP contribution in [0.5, 0.6) is 0 Å². The summed E-state index contributed by atoms with van der Waals surface area (Å²) >= 11 is 0. The predicted molar refractivity (Wildman–Crippen MR) is 115 cm³/mol. The van der Waals surface area contributed by atoms with Gasteiger partial charge in [0.1, 0.15) is 11.1 Å². The van der Waals surface area contributed by atoms with Gasteiger partial charge in [-0.15, -0.1) is 0 Å². The number of hydrogen-bond donors (Lipinski definition) is 2. The van der Waals surface area contributed by atoms with Crippen LogP contribution in [0.15, 0.2) is 41.7 Å². The summed E-state index contributed by atoms with van der Waals surface area (Å²) in [7, 11) is 0. The first-order valence-corrected chi connectivity index (χ1v) is 10.7. The van der Waals surface area contributed by atoms with Gasteiger partial charge >= 0.3 is 0 Å². The molecule has 0 saturated heterocycles. The van der Waals surface area contributed by atoms with Gasteiger partial charge in [-0.2, -0.15) is 0 Å². The molecule has 0 aliphatic heterocycles. The zero-order valence-electron chi connectivity index (χ0n) is 17.7. The average molecular weight is 411 g/mol. The van der Waals surface area contributed by atoms with E-state index in [1.165, 1.54) is 19.0 Å². The highest BCUT2D eigenvalue weighted by atomic mass is 16.2. The second-order valence-corrected chi connectivity index (χ2v) is 8.16. The molecule has 1 saturated carbocycles. The van der Waals surface area contributed by atoms with Crippen LogP contribution < -0.4 is 16.1 Å². The Labute approximate surface area is 176 Å². The third kappa shape index (κ3) is 5.55. The van der Waals surface area contributed by atoms with Gasteiger partial charge in [-0.3, -0.25) is 19.4 Å². The third-order valence-corrected chi connectivity index (χ3v) is 5.52. The van der Waals surface area contributed by atoms with Gasteiger partial charge in [0.05, 0.1) is 0 Å². The van der Waals surface area contributed by atoms with Gasteiger partial charge in [0, 0.05) is 43.4 Å². The zero-order chi connectivity index (χ0) is 21.5. The van der Waals surface area contributed by atoms with Crippen molar-refractivity contribution >= 4 is 11.8 Å². The molecule has 0 spiro atoms. The van der Waals surface area contributed by atoms with Crippen molar-refractivity contribution in [1.29, 1.82) is 0 Å². The topological polar surface area (TPSA) is 93.1 Å². The molecule has 2 N–H and O–H groups in total. The summed E-state index contributed by atoms with van der Waals surface area (Å²) in [4.78, 5) is 42.6. The lowest BCUT2D eigenvalue weighted by Crippen LogP contribution is -2.39. The first kappa shape index (κ1) is 21.7. The molecular formula is C23H30N4O3. The highest BCUT2D eigenvalue weighted by Crippen LogP contribution is 2.17. The number of pyridine rings is 2. The van der Waals surface area contributed by atoms with Gasteiger partial charge in [-0.1, -0.05) is 25.7 Å². The van der Waals surface area contributed by atoms with Crippen LogP contribution in [-0.2, 0) is 6.54 Å². The molecule has 0 bridgehead atoms. The quantitative estimate of drug-likeness (QED) is 0.715. The van der Waals surface area contributed by atoms with Gasteiger partial charge in [0.2, 0.25) is 5.43 Å². The first-order chi connectivity index (χ1) is 14.5. The number of aromatic nitrogens is 2. The van der Waals surface area contributed by atoms with Gasteiger partial charge in [-0.05, 0) is 44.4 Å². The van der Waals surface area contributed by atoms with Crippen molar-refractivity contribution in [3.8, 4) is 0 Å². The number of nitrogens with one attached hydrogen (secondary N) is 2. The molecule has 7 nitrogen and oxygen atoms in total. The molecule has 1 fully saturated rings. The fourth-order valence-electron chi connectivity index (χ4n) is 3.68. The maximum Gasteiger partial charge on any atom is 0.257 e. The van der Waals surface area contributed by atoms with E-state index in [2.05, 4.69) is 15.6 Å². The van der Waals surface area contributed by atoms with Gasteiger partial charge in [-0.25, -0.2) is 0 Å². The van der Waals surface area contributed by atoms with Crippen molar-refractivity contribution in [2.24, 2.45) is 0 Å². The smallest absolute Gasteiger partial charge is 0.257 e. The number of amides is 2. The minimum Gasteiger partial charge on any atom is -0.350 e. The Hall–Kier alpha value is -2.96. The zero-order valence-corrected chi connectivity index (χ0v) is 17.7. The normalized spacial score (nSPS) is 14.9. The van der Waals surface area contributed by atoms with E-state index < -0.39 is 17.2 Å². The monoisotopic (exact) mass is 410 g/mol. The van der Waals surface area contributed by atoms with E-state index in [4.69, 9.17) is 0 Å². The van der Waals surface area contributed by atoms with Crippen LogP contribution in [0.2, 0.25) is 0 Å². The van der Waals surface area contributed by atoms with E-state index in [1.807, 2.05) is 13.8 Å². The molecule has 0 aromatic carbocycles. The Balaban J connectivity index is 1.82. The summed E-state index contributed by atoms with van der Waals surface area (Å²) in [6.45, 7) is 4.16. The summed E-state index contributed by atoms with van der Waals surface area (Å²) in [5, 5.41) is 5.78. The van der Waals surface area contributed by atoms with E-state index in [0.717, 1.165) is 31.2 Å². The molecule has 0 radical (unpaired) electrons. The Kier molecular flexibility index (Phi) is 7.38. The second kappa shape index (κ2) is 10.2. The van der Waals surface area contributed by atoms with E-state index in [9.17, 15) is 14.4 Å². The van der Waals surface area contributed by atoms with Crippen molar-refractivity contribution < 1.29 is 9.59 Å². The first-order valence-electron chi connectivity index (χ1n) is 10.7. The fraction of sp³-hybridized carbons (Fsp3) is 0.478. The largest absolute Gasteiger partial charge is 0.350 e. The van der Waals surface area contributed by atoms with Crippen LogP contribution in [0.4, 0.5) is 0 Å². The second-order valence-electron chi connectivity index (χ2n) is 8.16. The highest BCUT2D eigenvalue weighted by molar-refractivity contribution is 5.99. The summed E-state index contributed by atoms with van der Waals surface area (Å²) in [5.74, 6) is -0.889. The molecule has 7 heteroatoms. The lowest BCUT2D eigenvalue weighted by atomic mass is 10.1. The van der Waals surface area contributed by atoms with Crippen molar-refractivity contribution in [3.63, 3.8) is 0 Å². The standard InChI is InChI=1S/C23H30N4O3/c1-16(2)27-14-19(22(29)25-13-17-9-11-24-12-10-17)21(28)20(15-27)23(30)26-18-7-5-3-4-6-8-18/h9-12,14-16,18H,3-8,13H2,1-2H3,(H,25,29)(H,26,30). The Morgan fingerprint density at radius 2 is 1.63 bits per heavy atom. The van der Waals surface area contributed by atoms with Crippen molar-refractivity contribution in [3.05, 3.63) is 63.8 Å². The summed E-state index contributed by atoms with van der Waals surface area (Å²) in [6, 6.07) is 3.67. The number of nitrogens with zero attached hydrogens (tertiary/aromatic N) is 2. The Morgan fingerprint density at radius 3 is 2.23 bits per heavy atom. The molecule has 2 aromatic heterocycles. The van der Waals surface area contributed by atoms with Gasteiger partial charge in [0.25, 0.3) is 11.8 Å². The van der Waals surface area contributed by atoms with Crippen LogP contribution in [0.1, 0.15) is 84.7 Å². The molecule has 1 aliphatic rings. The molecule has 30 heavy (non-hydrogen) atoms. The number of hydrogen-bond acceptors (Lipinski definition) is 4. The van der Waals surface area contributed by atoms with Crippen molar-refractivity contribution in [1.82, 2.24) is 20.2 Å². The summed E-state index contributed by atoms with van der Waals surface area (Å²) in [6.07, 6.45) is 12.7. The molecule has 2 aromatic rings. The third-order valence-electron chi connectivity index (χ3n) is 5.52. The minimum absolute atomic E-state index is 0.00165. The highest BCUT2D eigenvalue weighted by Gasteiger charge is 2.22. The predicted octanol–water partition coefficient (Wildman–Crippen LogP) is 3.21. The van der Waals surface area contributed by atoms with Crippen LogP contribution in [0.3, 0.4) is 0 Å². The van der Waals surface area contributed by atoms with Gasteiger partial charge < -0.3 is 15.2 Å². The molecule has 0 atom stereocenters. The molecule has 0 unspecified atom stereocenters. The molecule has 3 rings (SSSR count). The van der Waals surface area contributed by atoms with E-state index in [0.29, 0.717) is 0 Å². The average Bonchev–Trinajstić information content (AvgIpc) is 3.01. The SMILES string of the molecule is CC(C)n1cc(C(=O)NCc2ccncc2)c(=O)c(C(=O)NC2CCCCCC2)c1. The van der Waals surface area contributed by atoms with Crippen LogP contribution in [0.25, 0.3) is 0 Å². The Morgan fingerprint density at radius 1 is 1.03 bits per heavy atom. The fourth-order valence-corrected chi connectivity index (χ4v) is 3.68. The summed E-state index contributed by atoms with van der Waals surface area (Å²) < 4.78 is 1.74. The van der Waals surface area contributed by atoms with Crippen LogP contribution in [-0.4, -0.2) is 27.4 Å². The molecule has 160 valence electrons. The molecule has 1 aliphatic carbocycles. The lowest BCUT2D eigenvalue weighted by Gasteiger charge is -2.18. The van der Waals surface area contributed by atoms with Crippen LogP contribution in [0, 0.1) is 0 Å². The maximum atomic E-state index is 13.0. The van der Waals surface area contributed by atoms with E-state index >= 15 is 0 Å². The maximum absolute atomic E-state index is 13.0. The Bertz CT molecular complexity index is 929. The van der Waals surface area contributed by atoms with Crippen molar-refractivity contribution in [2.45, 2.75) is 71.0 Å². The molecule has 2 amide bonds. The van der Waals surface area contributed by atoms with Crippen molar-refractivity contribution in [2.75, 3.05) is 0 Å². The number of carbonyl (C=O) groups is 2.